The van der Waals surface area contributed by atoms with Crippen molar-refractivity contribution in [2.75, 3.05) is 25.1 Å². The van der Waals surface area contributed by atoms with Gasteiger partial charge in [-0.15, -0.1) is 24.8 Å². The van der Waals surface area contributed by atoms with E-state index in [1.807, 2.05) is 0 Å². The number of halogens is 3. The number of hydrogen-bond acceptors (Lipinski definition) is 5. The first-order valence-electron chi connectivity index (χ1n) is 7.69. The smallest absolute Gasteiger partial charge is 0.226 e. The second kappa shape index (κ2) is 11.2. The van der Waals surface area contributed by atoms with E-state index in [0.29, 0.717) is 42.0 Å². The van der Waals surface area contributed by atoms with Crippen LogP contribution in [0.25, 0.3) is 0 Å². The monoisotopic (exact) mass is 419 g/mol. The van der Waals surface area contributed by atoms with Crippen LogP contribution in [0.3, 0.4) is 0 Å². The van der Waals surface area contributed by atoms with Gasteiger partial charge >= 0.3 is 0 Å². The highest BCUT2D eigenvalue weighted by atomic mass is 35.5. The van der Waals surface area contributed by atoms with Gasteiger partial charge in [-0.3, -0.25) is 4.79 Å². The quantitative estimate of drug-likeness (QED) is 0.772. The van der Waals surface area contributed by atoms with E-state index >= 15 is 0 Å². The molecule has 1 unspecified atom stereocenters. The highest BCUT2D eigenvalue weighted by Gasteiger charge is 2.16. The lowest BCUT2D eigenvalue weighted by Gasteiger charge is -2.23. The zero-order valence-corrected chi connectivity index (χ0v) is 16.2. The van der Waals surface area contributed by atoms with Crippen LogP contribution in [0.1, 0.15) is 6.42 Å². The van der Waals surface area contributed by atoms with Crippen molar-refractivity contribution in [3.05, 3.63) is 47.6 Å². The molecule has 1 aromatic heterocycles. The summed E-state index contributed by atoms with van der Waals surface area (Å²) in [7, 11) is 0. The Morgan fingerprint density at radius 3 is 2.65 bits per heavy atom. The standard InChI is InChI=1S/C17H18ClN3O3.2ClH/c18-12-1-4-15(5-2-12)24-17-6-3-13(10-20-17)21-16(22)9-14-11-23-8-7-19-14;;/h1-6,10,14,19H,7-9,11H2,(H,21,22);2*1H. The van der Waals surface area contributed by atoms with E-state index in [0.717, 1.165) is 6.54 Å². The number of anilines is 1. The first-order chi connectivity index (χ1) is 11.7. The number of carbonyl (C=O) groups is 1. The summed E-state index contributed by atoms with van der Waals surface area (Å²) in [4.78, 5) is 16.2. The van der Waals surface area contributed by atoms with Crippen molar-refractivity contribution in [2.45, 2.75) is 12.5 Å². The third kappa shape index (κ3) is 6.97. The van der Waals surface area contributed by atoms with Crippen LogP contribution in [0.15, 0.2) is 42.6 Å². The summed E-state index contributed by atoms with van der Waals surface area (Å²) in [6.45, 7) is 2.02. The second-order valence-electron chi connectivity index (χ2n) is 5.42. The van der Waals surface area contributed by atoms with Crippen molar-refractivity contribution in [3.63, 3.8) is 0 Å². The molecule has 0 bridgehead atoms. The number of nitrogens with one attached hydrogen (secondary N) is 2. The van der Waals surface area contributed by atoms with Crippen LogP contribution in [-0.2, 0) is 9.53 Å². The number of morpholine rings is 1. The summed E-state index contributed by atoms with van der Waals surface area (Å²) >= 11 is 5.83. The van der Waals surface area contributed by atoms with Crippen molar-refractivity contribution >= 4 is 48.0 Å². The van der Waals surface area contributed by atoms with Crippen LogP contribution in [0.2, 0.25) is 5.02 Å². The van der Waals surface area contributed by atoms with Gasteiger partial charge < -0.3 is 20.1 Å². The number of benzene rings is 1. The van der Waals surface area contributed by atoms with Crippen molar-refractivity contribution in [1.29, 1.82) is 0 Å². The summed E-state index contributed by atoms with van der Waals surface area (Å²) in [6, 6.07) is 10.5. The Kier molecular flexibility index (Phi) is 9.69. The van der Waals surface area contributed by atoms with Crippen LogP contribution >= 0.6 is 36.4 Å². The van der Waals surface area contributed by atoms with Crippen molar-refractivity contribution in [2.24, 2.45) is 0 Å². The number of amides is 1. The number of carbonyl (C=O) groups excluding carboxylic acids is 1. The van der Waals surface area contributed by atoms with E-state index in [-0.39, 0.29) is 36.8 Å². The molecule has 0 aliphatic carbocycles. The van der Waals surface area contributed by atoms with Crippen molar-refractivity contribution in [3.8, 4) is 11.6 Å². The highest BCUT2D eigenvalue weighted by molar-refractivity contribution is 6.30. The van der Waals surface area contributed by atoms with Gasteiger partial charge in [0.25, 0.3) is 0 Å². The Morgan fingerprint density at radius 2 is 2.04 bits per heavy atom. The maximum atomic E-state index is 12.0. The molecule has 1 aliphatic heterocycles. The van der Waals surface area contributed by atoms with Gasteiger partial charge in [-0.2, -0.15) is 0 Å². The minimum absolute atomic E-state index is 0. The van der Waals surface area contributed by atoms with Gasteiger partial charge in [0.15, 0.2) is 0 Å². The van der Waals surface area contributed by atoms with Gasteiger partial charge in [0.1, 0.15) is 5.75 Å². The summed E-state index contributed by atoms with van der Waals surface area (Å²) in [5.41, 5.74) is 0.625. The molecule has 1 fully saturated rings. The van der Waals surface area contributed by atoms with Gasteiger partial charge in [0, 0.05) is 30.1 Å². The van der Waals surface area contributed by atoms with E-state index in [1.165, 1.54) is 0 Å². The Labute approximate surface area is 169 Å². The summed E-state index contributed by atoms with van der Waals surface area (Å²) in [6.07, 6.45) is 1.93. The van der Waals surface area contributed by atoms with E-state index in [2.05, 4.69) is 15.6 Å². The maximum Gasteiger partial charge on any atom is 0.226 e. The zero-order chi connectivity index (χ0) is 16.8. The predicted molar refractivity (Wildman–Crippen MR) is 106 cm³/mol. The molecule has 0 radical (unpaired) electrons. The molecular formula is C17H20Cl3N3O3. The fraction of sp³-hybridized carbons (Fsp3) is 0.294. The van der Waals surface area contributed by atoms with Crippen LogP contribution < -0.4 is 15.4 Å². The van der Waals surface area contributed by atoms with Crippen molar-refractivity contribution < 1.29 is 14.3 Å². The molecule has 2 N–H and O–H groups in total. The predicted octanol–water partition coefficient (Wildman–Crippen LogP) is 3.69. The summed E-state index contributed by atoms with van der Waals surface area (Å²) in [5.74, 6) is 1.01. The van der Waals surface area contributed by atoms with Crippen LogP contribution in [0, 0.1) is 0 Å². The third-order valence-electron chi connectivity index (χ3n) is 3.49. The maximum absolute atomic E-state index is 12.0. The number of pyridine rings is 1. The average molecular weight is 421 g/mol. The minimum atomic E-state index is -0.0776. The van der Waals surface area contributed by atoms with Gasteiger partial charge in [-0.25, -0.2) is 4.98 Å². The SMILES string of the molecule is Cl.Cl.O=C(CC1COCCN1)Nc1ccc(Oc2ccc(Cl)cc2)nc1. The fourth-order valence-corrected chi connectivity index (χ4v) is 2.45. The Bertz CT molecular complexity index is 678. The number of hydrogen-bond donors (Lipinski definition) is 2. The molecule has 1 atom stereocenters. The fourth-order valence-electron chi connectivity index (χ4n) is 2.32. The highest BCUT2D eigenvalue weighted by Crippen LogP contribution is 2.22. The molecule has 1 aliphatic rings. The van der Waals surface area contributed by atoms with E-state index in [4.69, 9.17) is 21.1 Å². The molecule has 6 nitrogen and oxygen atoms in total. The Hall–Kier alpha value is -1.57. The average Bonchev–Trinajstić information content (AvgIpc) is 2.59. The zero-order valence-electron chi connectivity index (χ0n) is 13.8. The molecule has 1 saturated heterocycles. The molecular weight excluding hydrogens is 401 g/mol. The number of ether oxygens (including phenoxy) is 2. The van der Waals surface area contributed by atoms with Crippen LogP contribution in [0.4, 0.5) is 5.69 Å². The molecule has 3 rings (SSSR count). The number of rotatable bonds is 5. The molecule has 9 heteroatoms. The molecule has 1 amide bonds. The van der Waals surface area contributed by atoms with Crippen LogP contribution in [0.5, 0.6) is 11.6 Å². The normalized spacial score (nSPS) is 16.0. The largest absolute Gasteiger partial charge is 0.439 e. The van der Waals surface area contributed by atoms with Gasteiger partial charge in [-0.05, 0) is 30.3 Å². The molecule has 2 heterocycles. The van der Waals surface area contributed by atoms with Crippen LogP contribution in [-0.4, -0.2) is 36.7 Å². The third-order valence-corrected chi connectivity index (χ3v) is 3.74. The first-order valence-corrected chi connectivity index (χ1v) is 8.07. The Morgan fingerprint density at radius 1 is 1.27 bits per heavy atom. The molecule has 142 valence electrons. The van der Waals surface area contributed by atoms with Gasteiger partial charge in [0.2, 0.25) is 11.8 Å². The molecule has 0 spiro atoms. The Balaban J connectivity index is 0.00000169. The minimum Gasteiger partial charge on any atom is -0.439 e. The van der Waals surface area contributed by atoms with Gasteiger partial charge in [-0.1, -0.05) is 11.6 Å². The molecule has 26 heavy (non-hydrogen) atoms. The van der Waals surface area contributed by atoms with E-state index < -0.39 is 0 Å². The second-order valence-corrected chi connectivity index (χ2v) is 5.86. The number of nitrogens with zero attached hydrogens (tertiary/aromatic N) is 1. The number of aromatic nitrogens is 1. The topological polar surface area (TPSA) is 72.5 Å². The van der Waals surface area contributed by atoms with Crippen molar-refractivity contribution in [1.82, 2.24) is 10.3 Å². The molecule has 2 aromatic rings. The first kappa shape index (κ1) is 22.5. The van der Waals surface area contributed by atoms with E-state index in [1.54, 1.807) is 42.6 Å². The van der Waals surface area contributed by atoms with Gasteiger partial charge in [0.05, 0.1) is 25.1 Å². The summed E-state index contributed by atoms with van der Waals surface area (Å²) < 4.78 is 10.9. The lowest BCUT2D eigenvalue weighted by atomic mass is 10.2. The van der Waals surface area contributed by atoms with E-state index in [9.17, 15) is 4.79 Å². The molecule has 0 saturated carbocycles. The lowest BCUT2D eigenvalue weighted by Crippen LogP contribution is -2.43. The molecule has 1 aromatic carbocycles. The summed E-state index contributed by atoms with van der Waals surface area (Å²) in [5, 5.41) is 6.71. The lowest BCUT2D eigenvalue weighted by molar-refractivity contribution is -0.117.